The fraction of sp³-hybridized carbons (Fsp3) is 0.600. The highest BCUT2D eigenvalue weighted by Crippen LogP contribution is 2.29. The number of morpholine rings is 1. The molecule has 6 nitrogen and oxygen atoms in total. The second-order valence-corrected chi connectivity index (χ2v) is 5.93. The van der Waals surface area contributed by atoms with E-state index in [1.165, 1.54) is 6.07 Å². The number of anilines is 1. The summed E-state index contributed by atoms with van der Waals surface area (Å²) in [6, 6.07) is 2.48. The second kappa shape index (κ2) is 6.94. The van der Waals surface area contributed by atoms with Gasteiger partial charge in [0.25, 0.3) is 0 Å². The minimum Gasteiger partial charge on any atom is -0.365 e. The number of nitrogens with one attached hydrogen (secondary N) is 1. The number of carbonyl (C=O) groups is 1. The minimum absolute atomic E-state index is 0.0153. The van der Waals surface area contributed by atoms with Gasteiger partial charge in [0.1, 0.15) is 12.4 Å². The molecule has 0 spiro atoms. The first-order valence-electron chi connectivity index (χ1n) is 7.80. The molecule has 2 saturated heterocycles. The van der Waals surface area contributed by atoms with Crippen molar-refractivity contribution in [3.63, 3.8) is 0 Å². The average Bonchev–Trinajstić information content (AvgIpc) is 2.57. The quantitative estimate of drug-likeness (QED) is 0.876. The molecule has 132 valence electrons. The Labute approximate surface area is 137 Å². The Balaban J connectivity index is 1.49. The van der Waals surface area contributed by atoms with E-state index in [-0.39, 0.29) is 18.6 Å². The molecule has 2 aliphatic rings. The van der Waals surface area contributed by atoms with E-state index in [1.54, 1.807) is 0 Å². The molecule has 9 heteroatoms. The van der Waals surface area contributed by atoms with E-state index in [4.69, 9.17) is 4.74 Å². The molecule has 1 N–H and O–H groups in total. The van der Waals surface area contributed by atoms with Crippen molar-refractivity contribution in [1.29, 1.82) is 0 Å². The molecular formula is C15H19F3N4O2. The Bertz CT molecular complexity index is 561. The third-order valence-corrected chi connectivity index (χ3v) is 4.21. The van der Waals surface area contributed by atoms with Crippen LogP contribution in [0.3, 0.4) is 0 Å². The molecule has 1 unspecified atom stereocenters. The highest BCUT2D eigenvalue weighted by Gasteiger charge is 2.31. The fourth-order valence-electron chi connectivity index (χ4n) is 2.84. The van der Waals surface area contributed by atoms with Crippen LogP contribution in [0.5, 0.6) is 0 Å². The number of carbonyl (C=O) groups excluding carboxylic acids is 1. The van der Waals surface area contributed by atoms with Crippen LogP contribution >= 0.6 is 0 Å². The first-order valence-corrected chi connectivity index (χ1v) is 7.80. The Hall–Kier alpha value is -1.87. The number of ether oxygens (including phenoxy) is 1. The van der Waals surface area contributed by atoms with E-state index in [2.05, 4.69) is 15.2 Å². The third-order valence-electron chi connectivity index (χ3n) is 4.21. The van der Waals surface area contributed by atoms with Crippen molar-refractivity contribution in [2.45, 2.75) is 12.3 Å². The van der Waals surface area contributed by atoms with E-state index in [0.717, 1.165) is 31.9 Å². The van der Waals surface area contributed by atoms with Gasteiger partial charge in [-0.05, 0) is 12.1 Å². The molecule has 1 aromatic rings. The molecule has 2 fully saturated rings. The molecular weight excluding hydrogens is 325 g/mol. The predicted octanol–water partition coefficient (Wildman–Crippen LogP) is 0.737. The highest BCUT2D eigenvalue weighted by molar-refractivity contribution is 5.77. The summed E-state index contributed by atoms with van der Waals surface area (Å²) in [5, 5.41) is 2.77. The van der Waals surface area contributed by atoms with Crippen molar-refractivity contribution in [3.05, 3.63) is 23.9 Å². The second-order valence-electron chi connectivity index (χ2n) is 5.93. The number of alkyl halides is 3. The van der Waals surface area contributed by atoms with Gasteiger partial charge in [0, 0.05) is 45.5 Å². The van der Waals surface area contributed by atoms with Crippen LogP contribution in [0.1, 0.15) is 5.56 Å². The normalized spacial score (nSPS) is 23.2. The predicted molar refractivity (Wildman–Crippen MR) is 80.6 cm³/mol. The lowest BCUT2D eigenvalue weighted by atomic mass is 10.2. The van der Waals surface area contributed by atoms with Crippen LogP contribution in [-0.2, 0) is 15.7 Å². The molecule has 0 aliphatic carbocycles. The Morgan fingerprint density at radius 1 is 1.25 bits per heavy atom. The number of aromatic nitrogens is 1. The van der Waals surface area contributed by atoms with Crippen molar-refractivity contribution in [3.8, 4) is 0 Å². The van der Waals surface area contributed by atoms with Gasteiger partial charge in [-0.2, -0.15) is 13.2 Å². The number of nitrogens with zero attached hydrogens (tertiary/aromatic N) is 3. The van der Waals surface area contributed by atoms with Crippen LogP contribution < -0.4 is 10.2 Å². The molecule has 0 aromatic carbocycles. The molecule has 3 rings (SSSR count). The molecule has 1 atom stereocenters. The maximum atomic E-state index is 12.6. The lowest BCUT2D eigenvalue weighted by molar-refractivity contribution is -0.138. The topological polar surface area (TPSA) is 57.7 Å². The van der Waals surface area contributed by atoms with Crippen molar-refractivity contribution < 1.29 is 22.7 Å². The number of hydrogen-bond donors (Lipinski definition) is 1. The van der Waals surface area contributed by atoms with E-state index < -0.39 is 11.7 Å². The summed E-state index contributed by atoms with van der Waals surface area (Å²) in [6.07, 6.45) is -3.50. The van der Waals surface area contributed by atoms with Gasteiger partial charge in [0.15, 0.2) is 0 Å². The van der Waals surface area contributed by atoms with Crippen LogP contribution in [0.25, 0.3) is 0 Å². The summed E-state index contributed by atoms with van der Waals surface area (Å²) in [6.45, 7) is 4.27. The first kappa shape index (κ1) is 17.0. The van der Waals surface area contributed by atoms with Crippen molar-refractivity contribution >= 4 is 11.7 Å². The molecule has 1 amide bonds. The van der Waals surface area contributed by atoms with Crippen LogP contribution in [0.4, 0.5) is 19.0 Å². The van der Waals surface area contributed by atoms with Crippen LogP contribution in [0, 0.1) is 0 Å². The maximum absolute atomic E-state index is 12.6. The van der Waals surface area contributed by atoms with E-state index in [1.807, 2.05) is 4.90 Å². The number of pyridine rings is 1. The number of hydrogen-bond acceptors (Lipinski definition) is 5. The summed E-state index contributed by atoms with van der Waals surface area (Å²) in [4.78, 5) is 19.2. The van der Waals surface area contributed by atoms with Gasteiger partial charge in [0.05, 0.1) is 11.7 Å². The van der Waals surface area contributed by atoms with Crippen LogP contribution in [-0.4, -0.2) is 67.8 Å². The van der Waals surface area contributed by atoms with E-state index >= 15 is 0 Å². The van der Waals surface area contributed by atoms with Crippen molar-refractivity contribution in [2.75, 3.05) is 50.8 Å². The SMILES string of the molecule is O=C1COC(CN2CCN(c3ccc(C(F)(F)F)cn3)CC2)CN1. The zero-order valence-corrected chi connectivity index (χ0v) is 13.1. The molecule has 1 aromatic heterocycles. The van der Waals surface area contributed by atoms with Crippen molar-refractivity contribution in [2.24, 2.45) is 0 Å². The number of amides is 1. The molecule has 0 saturated carbocycles. The molecule has 2 aliphatic heterocycles. The summed E-state index contributed by atoms with van der Waals surface area (Å²) in [7, 11) is 0. The largest absolute Gasteiger partial charge is 0.417 e. The summed E-state index contributed by atoms with van der Waals surface area (Å²) in [5.41, 5.74) is -0.735. The zero-order valence-electron chi connectivity index (χ0n) is 13.1. The van der Waals surface area contributed by atoms with E-state index in [9.17, 15) is 18.0 Å². The van der Waals surface area contributed by atoms with Gasteiger partial charge in [-0.15, -0.1) is 0 Å². The summed E-state index contributed by atoms with van der Waals surface area (Å²) >= 11 is 0. The smallest absolute Gasteiger partial charge is 0.365 e. The van der Waals surface area contributed by atoms with Crippen molar-refractivity contribution in [1.82, 2.24) is 15.2 Å². The van der Waals surface area contributed by atoms with Gasteiger partial charge >= 0.3 is 6.18 Å². The zero-order chi connectivity index (χ0) is 17.2. The standard InChI is InChI=1S/C15H19F3N4O2/c16-15(17,18)11-1-2-13(19-7-11)22-5-3-21(4-6-22)9-12-8-20-14(23)10-24-12/h1-2,7,12H,3-6,8-10H2,(H,20,23). The van der Waals surface area contributed by atoms with Gasteiger partial charge in [0.2, 0.25) is 5.91 Å². The Morgan fingerprint density at radius 3 is 2.54 bits per heavy atom. The van der Waals surface area contributed by atoms with Gasteiger partial charge in [-0.3, -0.25) is 9.69 Å². The number of rotatable bonds is 3. The van der Waals surface area contributed by atoms with Gasteiger partial charge in [-0.25, -0.2) is 4.98 Å². The monoisotopic (exact) mass is 344 g/mol. The van der Waals surface area contributed by atoms with Crippen LogP contribution in [0.2, 0.25) is 0 Å². The highest BCUT2D eigenvalue weighted by atomic mass is 19.4. The Morgan fingerprint density at radius 2 is 2.00 bits per heavy atom. The molecule has 0 radical (unpaired) electrons. The summed E-state index contributed by atoms with van der Waals surface area (Å²) < 4.78 is 43.1. The van der Waals surface area contributed by atoms with Crippen LogP contribution in [0.15, 0.2) is 18.3 Å². The van der Waals surface area contributed by atoms with Gasteiger partial charge in [-0.1, -0.05) is 0 Å². The molecule has 24 heavy (non-hydrogen) atoms. The molecule has 3 heterocycles. The number of piperazine rings is 1. The first-order chi connectivity index (χ1) is 11.4. The summed E-state index contributed by atoms with van der Waals surface area (Å²) in [5.74, 6) is 0.466. The lowest BCUT2D eigenvalue weighted by Gasteiger charge is -2.37. The molecule has 0 bridgehead atoms. The average molecular weight is 344 g/mol. The number of halogens is 3. The van der Waals surface area contributed by atoms with Gasteiger partial charge < -0.3 is 15.0 Å². The third kappa shape index (κ3) is 4.15. The fourth-order valence-corrected chi connectivity index (χ4v) is 2.84. The van der Waals surface area contributed by atoms with E-state index in [0.29, 0.717) is 25.5 Å². The lowest BCUT2D eigenvalue weighted by Crippen LogP contribution is -2.53. The maximum Gasteiger partial charge on any atom is 0.417 e. The Kier molecular flexibility index (Phi) is 4.91. The minimum atomic E-state index is -4.36.